The third kappa shape index (κ3) is 2.18. The van der Waals surface area contributed by atoms with Crippen molar-refractivity contribution in [2.24, 2.45) is 4.99 Å². The predicted molar refractivity (Wildman–Crippen MR) is 76.1 cm³/mol. The van der Waals surface area contributed by atoms with Gasteiger partial charge in [0, 0.05) is 24.0 Å². The molecule has 0 aliphatic carbocycles. The zero-order valence-corrected chi connectivity index (χ0v) is 11.7. The van der Waals surface area contributed by atoms with E-state index in [0.717, 1.165) is 18.6 Å². The molecule has 106 valence electrons. The molecular weight excluding hydrogens is 281 g/mol. The Bertz CT molecular complexity index is 808. The van der Waals surface area contributed by atoms with Crippen molar-refractivity contribution in [2.45, 2.75) is 6.42 Å². The van der Waals surface area contributed by atoms with Crippen molar-refractivity contribution in [3.05, 3.63) is 35.8 Å². The van der Waals surface area contributed by atoms with Crippen LogP contribution in [-0.2, 0) is 16.4 Å². The lowest BCUT2D eigenvalue weighted by Crippen LogP contribution is -2.23. The number of aromatic nitrogens is 1. The van der Waals surface area contributed by atoms with Gasteiger partial charge >= 0.3 is 0 Å². The second-order valence-electron chi connectivity index (χ2n) is 4.77. The minimum atomic E-state index is -3.51. The first-order valence-electron chi connectivity index (χ1n) is 6.23. The number of aliphatic imine (C=N–C) groups is 1. The molecule has 1 aliphatic heterocycles. The second-order valence-corrected chi connectivity index (χ2v) is 6.60. The summed E-state index contributed by atoms with van der Waals surface area (Å²) >= 11 is 0. The summed E-state index contributed by atoms with van der Waals surface area (Å²) < 4.78 is 39.0. The van der Waals surface area contributed by atoms with E-state index in [9.17, 15) is 12.8 Å². The van der Waals surface area contributed by atoms with Crippen molar-refractivity contribution in [2.75, 3.05) is 19.3 Å². The van der Waals surface area contributed by atoms with Gasteiger partial charge in [0.1, 0.15) is 11.7 Å². The Labute approximate surface area is 116 Å². The Morgan fingerprint density at radius 3 is 2.90 bits per heavy atom. The van der Waals surface area contributed by atoms with E-state index in [0.29, 0.717) is 29.6 Å². The highest BCUT2D eigenvalue weighted by Crippen LogP contribution is 2.24. The molecule has 1 aliphatic rings. The van der Waals surface area contributed by atoms with E-state index in [1.165, 1.54) is 16.1 Å². The Hall–Kier alpha value is -1.89. The van der Waals surface area contributed by atoms with Crippen molar-refractivity contribution < 1.29 is 12.8 Å². The Balaban J connectivity index is 2.22. The number of halogens is 1. The summed E-state index contributed by atoms with van der Waals surface area (Å²) in [6.07, 6.45) is 1.46. The quantitative estimate of drug-likeness (QED) is 0.923. The van der Waals surface area contributed by atoms with Crippen LogP contribution in [0.4, 0.5) is 4.39 Å². The van der Waals surface area contributed by atoms with Gasteiger partial charge in [-0.1, -0.05) is 6.07 Å². The SMILES string of the molecule is CS(=O)(=O)n1c(CC2=NCCN2)cc2c(F)cccc21. The zero-order chi connectivity index (χ0) is 14.3. The topological polar surface area (TPSA) is 63.5 Å². The molecule has 3 rings (SSSR count). The number of benzene rings is 1. The summed E-state index contributed by atoms with van der Waals surface area (Å²) in [4.78, 5) is 4.25. The van der Waals surface area contributed by atoms with Gasteiger partial charge in [0.05, 0.1) is 18.3 Å². The van der Waals surface area contributed by atoms with Crippen LogP contribution in [0, 0.1) is 5.82 Å². The van der Waals surface area contributed by atoms with Gasteiger partial charge in [-0.2, -0.15) is 0 Å². The summed E-state index contributed by atoms with van der Waals surface area (Å²) in [6, 6.07) is 6.01. The molecule has 0 amide bonds. The fourth-order valence-electron chi connectivity index (χ4n) is 2.48. The summed E-state index contributed by atoms with van der Waals surface area (Å²) in [6.45, 7) is 1.44. The molecule has 0 atom stereocenters. The van der Waals surface area contributed by atoms with Crippen molar-refractivity contribution in [3.63, 3.8) is 0 Å². The standard InChI is InChI=1S/C13H14FN3O2S/c1-20(18,19)17-9(8-13-15-5-6-16-13)7-10-11(14)3-2-4-12(10)17/h2-4,7H,5-6,8H2,1H3,(H,15,16). The molecule has 0 unspecified atom stereocenters. The molecule has 1 N–H and O–H groups in total. The Morgan fingerprint density at radius 2 is 2.25 bits per heavy atom. The minimum absolute atomic E-state index is 0.312. The Morgan fingerprint density at radius 1 is 1.45 bits per heavy atom. The van der Waals surface area contributed by atoms with E-state index < -0.39 is 15.8 Å². The zero-order valence-electron chi connectivity index (χ0n) is 10.9. The average molecular weight is 295 g/mol. The normalized spacial score (nSPS) is 15.4. The molecule has 0 bridgehead atoms. The smallest absolute Gasteiger partial charge is 0.236 e. The summed E-state index contributed by atoms with van der Waals surface area (Å²) in [5.41, 5.74) is 0.877. The predicted octanol–water partition coefficient (Wildman–Crippen LogP) is 1.13. The maximum absolute atomic E-state index is 13.8. The molecule has 20 heavy (non-hydrogen) atoms. The number of nitrogens with one attached hydrogen (secondary N) is 1. The van der Waals surface area contributed by atoms with Crippen molar-refractivity contribution in [1.82, 2.24) is 9.29 Å². The molecule has 5 nitrogen and oxygen atoms in total. The lowest BCUT2D eigenvalue weighted by molar-refractivity contribution is 0.593. The molecule has 0 spiro atoms. The molecule has 0 saturated carbocycles. The lowest BCUT2D eigenvalue weighted by Gasteiger charge is -2.08. The van der Waals surface area contributed by atoms with Crippen LogP contribution < -0.4 is 5.32 Å². The van der Waals surface area contributed by atoms with Crippen molar-refractivity contribution in [1.29, 1.82) is 0 Å². The Kier molecular flexibility index (Phi) is 3.01. The fraction of sp³-hybridized carbons (Fsp3) is 0.308. The third-order valence-electron chi connectivity index (χ3n) is 3.24. The number of hydrogen-bond acceptors (Lipinski definition) is 4. The molecule has 2 aromatic rings. The van der Waals surface area contributed by atoms with Crippen LogP contribution in [-0.4, -0.2) is 37.6 Å². The van der Waals surface area contributed by atoms with E-state index in [-0.39, 0.29) is 0 Å². The van der Waals surface area contributed by atoms with Gasteiger partial charge in [0.2, 0.25) is 10.0 Å². The highest BCUT2D eigenvalue weighted by atomic mass is 32.2. The highest BCUT2D eigenvalue weighted by Gasteiger charge is 2.20. The van der Waals surface area contributed by atoms with E-state index >= 15 is 0 Å². The number of nitrogens with zero attached hydrogens (tertiary/aromatic N) is 2. The van der Waals surface area contributed by atoms with Crippen LogP contribution in [0.3, 0.4) is 0 Å². The summed E-state index contributed by atoms with van der Waals surface area (Å²) in [5, 5.41) is 3.40. The van der Waals surface area contributed by atoms with Gasteiger partial charge in [0.25, 0.3) is 0 Å². The molecule has 2 heterocycles. The van der Waals surface area contributed by atoms with Gasteiger partial charge in [-0.15, -0.1) is 0 Å². The number of fused-ring (bicyclic) bond motifs is 1. The van der Waals surface area contributed by atoms with Crippen LogP contribution in [0.25, 0.3) is 10.9 Å². The maximum Gasteiger partial charge on any atom is 0.236 e. The van der Waals surface area contributed by atoms with Gasteiger partial charge in [-0.05, 0) is 18.2 Å². The highest BCUT2D eigenvalue weighted by molar-refractivity contribution is 7.89. The van der Waals surface area contributed by atoms with E-state index in [1.807, 2.05) is 0 Å². The molecule has 0 fully saturated rings. The van der Waals surface area contributed by atoms with Crippen molar-refractivity contribution >= 4 is 26.8 Å². The van der Waals surface area contributed by atoms with Crippen LogP contribution in [0.15, 0.2) is 29.3 Å². The molecular formula is C13H14FN3O2S. The molecule has 1 aromatic carbocycles. The molecule has 1 aromatic heterocycles. The van der Waals surface area contributed by atoms with Gasteiger partial charge in [0.15, 0.2) is 0 Å². The monoisotopic (exact) mass is 295 g/mol. The van der Waals surface area contributed by atoms with Crippen LogP contribution in [0.5, 0.6) is 0 Å². The maximum atomic E-state index is 13.8. The number of amidine groups is 1. The van der Waals surface area contributed by atoms with Gasteiger partial charge in [-0.25, -0.2) is 16.8 Å². The second kappa shape index (κ2) is 4.59. The summed E-state index contributed by atoms with van der Waals surface area (Å²) in [7, 11) is -3.51. The minimum Gasteiger partial charge on any atom is -0.372 e. The molecule has 0 radical (unpaired) electrons. The van der Waals surface area contributed by atoms with E-state index in [4.69, 9.17) is 0 Å². The average Bonchev–Trinajstić information content (AvgIpc) is 2.96. The first-order chi connectivity index (χ1) is 9.47. The molecule has 0 saturated heterocycles. The number of hydrogen-bond donors (Lipinski definition) is 1. The van der Waals surface area contributed by atoms with Crippen molar-refractivity contribution in [3.8, 4) is 0 Å². The van der Waals surface area contributed by atoms with Gasteiger partial charge in [-0.3, -0.25) is 4.99 Å². The lowest BCUT2D eigenvalue weighted by atomic mass is 10.2. The van der Waals surface area contributed by atoms with Crippen LogP contribution in [0.2, 0.25) is 0 Å². The van der Waals surface area contributed by atoms with Crippen LogP contribution in [0.1, 0.15) is 5.69 Å². The first-order valence-corrected chi connectivity index (χ1v) is 8.08. The first kappa shape index (κ1) is 13.1. The molecule has 7 heteroatoms. The third-order valence-corrected chi connectivity index (χ3v) is 4.34. The summed E-state index contributed by atoms with van der Waals surface area (Å²) in [5.74, 6) is 0.311. The number of rotatable bonds is 3. The van der Waals surface area contributed by atoms with Gasteiger partial charge < -0.3 is 5.32 Å². The van der Waals surface area contributed by atoms with Crippen LogP contribution >= 0.6 is 0 Å². The van der Waals surface area contributed by atoms with E-state index in [1.54, 1.807) is 12.1 Å². The van der Waals surface area contributed by atoms with E-state index in [2.05, 4.69) is 10.3 Å². The fourth-order valence-corrected chi connectivity index (χ4v) is 3.54. The largest absolute Gasteiger partial charge is 0.372 e.